The van der Waals surface area contributed by atoms with Gasteiger partial charge in [0, 0.05) is 12.6 Å². The Balaban J connectivity index is 2.09. The van der Waals surface area contributed by atoms with E-state index >= 15 is 0 Å². The third-order valence-electron chi connectivity index (χ3n) is 2.63. The zero-order chi connectivity index (χ0) is 12.3. The summed E-state index contributed by atoms with van der Waals surface area (Å²) >= 11 is 0. The minimum absolute atomic E-state index is 0.159. The number of benzene rings is 1. The fourth-order valence-corrected chi connectivity index (χ4v) is 1.55. The van der Waals surface area contributed by atoms with Gasteiger partial charge in [0.05, 0.1) is 12.2 Å². The van der Waals surface area contributed by atoms with Crippen LogP contribution in [0, 0.1) is 5.92 Å². The number of amides is 1. The van der Waals surface area contributed by atoms with Gasteiger partial charge in [0.15, 0.2) is 6.29 Å². The van der Waals surface area contributed by atoms with Gasteiger partial charge >= 0.3 is 0 Å². The van der Waals surface area contributed by atoms with E-state index in [-0.39, 0.29) is 5.91 Å². The summed E-state index contributed by atoms with van der Waals surface area (Å²) < 4.78 is 5.57. The zero-order valence-electron chi connectivity index (χ0n) is 9.73. The van der Waals surface area contributed by atoms with Gasteiger partial charge in [-0.25, -0.2) is 0 Å². The van der Waals surface area contributed by atoms with Crippen LogP contribution in [0.5, 0.6) is 5.75 Å². The smallest absolute Gasteiger partial charge is 0.221 e. The average Bonchev–Trinajstić information content (AvgIpc) is 3.10. The standard InChI is InChI=1S/C13H15NO3/c1-9(16)14-12-4-5-13(11(6-12)7-15)17-8-10-2-3-10/h4-7,10H,2-3,8H2,1H3,(H,14,16). The second-order valence-electron chi connectivity index (χ2n) is 4.31. The second kappa shape index (κ2) is 4.99. The predicted octanol–water partition coefficient (Wildman–Crippen LogP) is 2.25. The van der Waals surface area contributed by atoms with E-state index in [9.17, 15) is 9.59 Å². The third-order valence-corrected chi connectivity index (χ3v) is 2.63. The molecule has 1 amide bonds. The van der Waals surface area contributed by atoms with Crippen LogP contribution in [0.4, 0.5) is 5.69 Å². The zero-order valence-corrected chi connectivity index (χ0v) is 9.73. The normalized spacial score (nSPS) is 14.2. The number of ether oxygens (including phenoxy) is 1. The van der Waals surface area contributed by atoms with Gasteiger partial charge in [-0.05, 0) is 37.0 Å². The molecule has 1 N–H and O–H groups in total. The van der Waals surface area contributed by atoms with Crippen molar-refractivity contribution in [3.63, 3.8) is 0 Å². The average molecular weight is 233 g/mol. The Labute approximate surface area is 100.0 Å². The summed E-state index contributed by atoms with van der Waals surface area (Å²) in [7, 11) is 0. The quantitative estimate of drug-likeness (QED) is 0.793. The number of rotatable bonds is 5. The summed E-state index contributed by atoms with van der Waals surface area (Å²) in [6, 6.07) is 5.07. The Morgan fingerprint density at radius 3 is 2.88 bits per heavy atom. The van der Waals surface area contributed by atoms with E-state index in [4.69, 9.17) is 4.74 Å². The number of aldehydes is 1. The molecule has 0 atom stereocenters. The Morgan fingerprint density at radius 1 is 1.53 bits per heavy atom. The molecule has 1 saturated carbocycles. The minimum atomic E-state index is -0.159. The molecule has 0 saturated heterocycles. The maximum absolute atomic E-state index is 10.9. The van der Waals surface area contributed by atoms with Gasteiger partial charge in [-0.3, -0.25) is 9.59 Å². The molecule has 2 rings (SSSR count). The van der Waals surface area contributed by atoms with Crippen LogP contribution < -0.4 is 10.1 Å². The summed E-state index contributed by atoms with van der Waals surface area (Å²) in [4.78, 5) is 21.8. The Kier molecular flexibility index (Phi) is 3.42. The predicted molar refractivity (Wildman–Crippen MR) is 64.4 cm³/mol. The molecule has 0 radical (unpaired) electrons. The van der Waals surface area contributed by atoms with Gasteiger partial charge in [0.1, 0.15) is 5.75 Å². The number of carbonyl (C=O) groups excluding carboxylic acids is 2. The molecule has 1 aliphatic rings. The first-order chi connectivity index (χ1) is 8.19. The van der Waals surface area contributed by atoms with Gasteiger partial charge in [-0.2, -0.15) is 0 Å². The molecule has 1 aliphatic carbocycles. The summed E-state index contributed by atoms with van der Waals surface area (Å²) in [6.45, 7) is 2.10. The van der Waals surface area contributed by atoms with Crippen LogP contribution in [0.15, 0.2) is 18.2 Å². The molecular weight excluding hydrogens is 218 g/mol. The van der Waals surface area contributed by atoms with Gasteiger partial charge in [-0.15, -0.1) is 0 Å². The largest absolute Gasteiger partial charge is 0.493 e. The maximum Gasteiger partial charge on any atom is 0.221 e. The molecule has 0 aliphatic heterocycles. The first kappa shape index (κ1) is 11.6. The molecule has 1 fully saturated rings. The topological polar surface area (TPSA) is 55.4 Å². The fraction of sp³-hybridized carbons (Fsp3) is 0.385. The van der Waals surface area contributed by atoms with E-state index in [2.05, 4.69) is 5.32 Å². The highest BCUT2D eigenvalue weighted by Gasteiger charge is 2.22. The van der Waals surface area contributed by atoms with Crippen molar-refractivity contribution >= 4 is 17.9 Å². The fourth-order valence-electron chi connectivity index (χ4n) is 1.55. The molecule has 90 valence electrons. The molecular formula is C13H15NO3. The lowest BCUT2D eigenvalue weighted by molar-refractivity contribution is -0.114. The van der Waals surface area contributed by atoms with Crippen LogP contribution >= 0.6 is 0 Å². The maximum atomic E-state index is 10.9. The minimum Gasteiger partial charge on any atom is -0.493 e. The summed E-state index contributed by atoms with van der Waals surface area (Å²) in [5, 5.41) is 2.63. The summed E-state index contributed by atoms with van der Waals surface area (Å²) in [5.74, 6) is 1.07. The van der Waals surface area contributed by atoms with Crippen LogP contribution in [-0.4, -0.2) is 18.8 Å². The number of carbonyl (C=O) groups is 2. The number of hydrogen-bond donors (Lipinski definition) is 1. The van der Waals surface area contributed by atoms with Crippen LogP contribution in [0.1, 0.15) is 30.1 Å². The van der Waals surface area contributed by atoms with E-state index in [1.54, 1.807) is 18.2 Å². The van der Waals surface area contributed by atoms with E-state index < -0.39 is 0 Å². The molecule has 4 heteroatoms. The first-order valence-electron chi connectivity index (χ1n) is 5.68. The van der Waals surface area contributed by atoms with Crippen molar-refractivity contribution in [1.29, 1.82) is 0 Å². The second-order valence-corrected chi connectivity index (χ2v) is 4.31. The lowest BCUT2D eigenvalue weighted by Crippen LogP contribution is -2.07. The number of hydrogen-bond acceptors (Lipinski definition) is 3. The molecule has 17 heavy (non-hydrogen) atoms. The van der Waals surface area contributed by atoms with E-state index in [1.165, 1.54) is 19.8 Å². The van der Waals surface area contributed by atoms with Crippen molar-refractivity contribution < 1.29 is 14.3 Å². The van der Waals surface area contributed by atoms with Crippen molar-refractivity contribution in [2.24, 2.45) is 5.92 Å². The lowest BCUT2D eigenvalue weighted by Gasteiger charge is -2.09. The molecule has 0 spiro atoms. The van der Waals surface area contributed by atoms with Gasteiger partial charge in [0.2, 0.25) is 5.91 Å². The summed E-state index contributed by atoms with van der Waals surface area (Å²) in [5.41, 5.74) is 1.08. The Bertz CT molecular complexity index is 438. The molecule has 0 unspecified atom stereocenters. The molecule has 1 aromatic carbocycles. The third kappa shape index (κ3) is 3.31. The Hall–Kier alpha value is -1.84. The van der Waals surface area contributed by atoms with Crippen LogP contribution in [0.3, 0.4) is 0 Å². The van der Waals surface area contributed by atoms with Crippen LogP contribution in [-0.2, 0) is 4.79 Å². The first-order valence-corrected chi connectivity index (χ1v) is 5.68. The van der Waals surface area contributed by atoms with E-state index in [1.807, 2.05) is 0 Å². The molecule has 1 aromatic rings. The molecule has 0 bridgehead atoms. The monoisotopic (exact) mass is 233 g/mol. The lowest BCUT2D eigenvalue weighted by atomic mass is 10.2. The van der Waals surface area contributed by atoms with Gasteiger partial charge in [-0.1, -0.05) is 0 Å². The SMILES string of the molecule is CC(=O)Nc1ccc(OCC2CC2)c(C=O)c1. The van der Waals surface area contributed by atoms with Gasteiger partial charge < -0.3 is 10.1 Å². The molecule has 0 heterocycles. The Morgan fingerprint density at radius 2 is 2.29 bits per heavy atom. The highest BCUT2D eigenvalue weighted by Crippen LogP contribution is 2.30. The van der Waals surface area contributed by atoms with E-state index in [0.29, 0.717) is 29.5 Å². The highest BCUT2D eigenvalue weighted by molar-refractivity contribution is 5.90. The number of anilines is 1. The highest BCUT2D eigenvalue weighted by atomic mass is 16.5. The van der Waals surface area contributed by atoms with Crippen molar-refractivity contribution in [2.45, 2.75) is 19.8 Å². The number of nitrogens with one attached hydrogen (secondary N) is 1. The van der Waals surface area contributed by atoms with Crippen molar-refractivity contribution in [1.82, 2.24) is 0 Å². The summed E-state index contributed by atoms with van der Waals surface area (Å²) in [6.07, 6.45) is 3.16. The van der Waals surface area contributed by atoms with Crippen LogP contribution in [0.25, 0.3) is 0 Å². The van der Waals surface area contributed by atoms with Gasteiger partial charge in [0.25, 0.3) is 0 Å². The van der Waals surface area contributed by atoms with Crippen molar-refractivity contribution in [2.75, 3.05) is 11.9 Å². The van der Waals surface area contributed by atoms with Crippen LogP contribution in [0.2, 0.25) is 0 Å². The van der Waals surface area contributed by atoms with Crippen molar-refractivity contribution in [3.8, 4) is 5.75 Å². The molecule has 4 nitrogen and oxygen atoms in total. The van der Waals surface area contributed by atoms with Crippen molar-refractivity contribution in [3.05, 3.63) is 23.8 Å². The van der Waals surface area contributed by atoms with E-state index in [0.717, 1.165) is 6.29 Å². The molecule has 0 aromatic heterocycles.